The molecule has 3 N–H and O–H groups in total. The molecule has 4 rings (SSSR count). The Hall–Kier alpha value is -4.19. The number of carboxylic acid groups (broad SMARTS) is 1. The van der Waals surface area contributed by atoms with Gasteiger partial charge in [-0.15, -0.1) is 0 Å². The maximum Gasteiger partial charge on any atom is 0.335 e. The van der Waals surface area contributed by atoms with E-state index in [2.05, 4.69) is 59.7 Å². The Labute approximate surface area is 217 Å². The zero-order valence-electron chi connectivity index (χ0n) is 22.2. The van der Waals surface area contributed by atoms with Crippen LogP contribution < -0.4 is 5.73 Å². The highest BCUT2D eigenvalue weighted by Crippen LogP contribution is 2.36. The van der Waals surface area contributed by atoms with Gasteiger partial charge in [-0.2, -0.15) is 5.10 Å². The Kier molecular flexibility index (Phi) is 6.55. The van der Waals surface area contributed by atoms with Crippen LogP contribution in [0, 0.1) is 0 Å². The van der Waals surface area contributed by atoms with Crippen LogP contribution >= 0.6 is 0 Å². The Bertz CT molecular complexity index is 1430. The highest BCUT2D eigenvalue weighted by Gasteiger charge is 2.23. The summed E-state index contributed by atoms with van der Waals surface area (Å²) in [4.78, 5) is 22.9. The summed E-state index contributed by atoms with van der Waals surface area (Å²) >= 11 is 0. The fourth-order valence-corrected chi connectivity index (χ4v) is 4.12. The minimum absolute atomic E-state index is 0.0561. The smallest absolute Gasteiger partial charge is 0.335 e. The standard InChI is InChI=1S/C31H33N3O3/c1-30(2,3)23-15-22(16-24(17-23)31(4,5)6)27-18-26(19-7-9-21(10-8-19)29(36)37)33-34(27)25-13-11-20(12-14-25)28(32)35/h7-18H,1-6H3,(H2,32,35)(H,36,37). The highest BCUT2D eigenvalue weighted by molar-refractivity contribution is 5.93. The van der Waals surface area contributed by atoms with Gasteiger partial charge < -0.3 is 10.8 Å². The molecule has 1 amide bonds. The van der Waals surface area contributed by atoms with Crippen molar-refractivity contribution in [3.63, 3.8) is 0 Å². The molecule has 0 spiro atoms. The maximum atomic E-state index is 11.6. The second-order valence-corrected chi connectivity index (χ2v) is 11.4. The normalized spacial score (nSPS) is 11.9. The van der Waals surface area contributed by atoms with Gasteiger partial charge in [0.15, 0.2) is 0 Å². The van der Waals surface area contributed by atoms with Gasteiger partial charge in [0, 0.05) is 16.7 Å². The molecule has 6 heteroatoms. The number of carboxylic acids is 1. The van der Waals surface area contributed by atoms with Gasteiger partial charge in [-0.1, -0.05) is 59.7 Å². The molecule has 0 atom stereocenters. The Morgan fingerprint density at radius 3 is 1.70 bits per heavy atom. The molecule has 0 radical (unpaired) electrons. The van der Waals surface area contributed by atoms with Crippen molar-refractivity contribution in [2.75, 3.05) is 0 Å². The molecule has 6 nitrogen and oxygen atoms in total. The number of carbonyl (C=O) groups is 2. The van der Waals surface area contributed by atoms with Crippen LogP contribution in [0.1, 0.15) is 73.4 Å². The van der Waals surface area contributed by atoms with E-state index in [-0.39, 0.29) is 16.4 Å². The third kappa shape index (κ3) is 5.48. The average Bonchev–Trinajstić information content (AvgIpc) is 3.28. The second kappa shape index (κ2) is 9.36. The number of carbonyl (C=O) groups excluding carboxylic acids is 1. The van der Waals surface area contributed by atoms with E-state index in [1.54, 1.807) is 36.4 Å². The van der Waals surface area contributed by atoms with E-state index in [0.29, 0.717) is 11.3 Å². The van der Waals surface area contributed by atoms with Crippen LogP contribution in [0.15, 0.2) is 72.8 Å². The molecule has 0 aliphatic heterocycles. The SMILES string of the molecule is CC(C)(C)c1cc(-c2cc(-c3ccc(C(=O)O)cc3)nn2-c2ccc(C(N)=O)cc2)cc(C(C)(C)C)c1. The molecular formula is C31H33N3O3. The molecule has 37 heavy (non-hydrogen) atoms. The molecule has 0 aliphatic rings. The highest BCUT2D eigenvalue weighted by atomic mass is 16.4. The average molecular weight is 496 g/mol. The summed E-state index contributed by atoms with van der Waals surface area (Å²) < 4.78 is 1.86. The topological polar surface area (TPSA) is 98.2 Å². The van der Waals surface area contributed by atoms with Crippen LogP contribution in [0.4, 0.5) is 0 Å². The second-order valence-electron chi connectivity index (χ2n) is 11.4. The fraction of sp³-hybridized carbons (Fsp3) is 0.258. The summed E-state index contributed by atoms with van der Waals surface area (Å²) in [6.45, 7) is 13.2. The molecule has 0 unspecified atom stereocenters. The molecule has 190 valence electrons. The minimum Gasteiger partial charge on any atom is -0.478 e. The number of primary amides is 1. The Morgan fingerprint density at radius 1 is 0.730 bits per heavy atom. The largest absolute Gasteiger partial charge is 0.478 e. The fourth-order valence-electron chi connectivity index (χ4n) is 4.12. The molecular weight excluding hydrogens is 462 g/mol. The van der Waals surface area contributed by atoms with Crippen LogP contribution in [0.25, 0.3) is 28.2 Å². The number of amides is 1. The number of benzene rings is 3. The maximum absolute atomic E-state index is 11.6. The lowest BCUT2D eigenvalue weighted by atomic mass is 9.79. The molecule has 0 bridgehead atoms. The first-order valence-electron chi connectivity index (χ1n) is 12.2. The Balaban J connectivity index is 1.95. The van der Waals surface area contributed by atoms with Gasteiger partial charge in [-0.3, -0.25) is 4.79 Å². The van der Waals surface area contributed by atoms with Gasteiger partial charge in [0.2, 0.25) is 5.91 Å². The van der Waals surface area contributed by atoms with Crippen LogP contribution in [0.2, 0.25) is 0 Å². The van der Waals surface area contributed by atoms with Gasteiger partial charge in [0.05, 0.1) is 22.6 Å². The quantitative estimate of drug-likeness (QED) is 0.326. The summed E-state index contributed by atoms with van der Waals surface area (Å²) in [5, 5.41) is 14.2. The monoisotopic (exact) mass is 495 g/mol. The van der Waals surface area contributed by atoms with E-state index >= 15 is 0 Å². The first-order chi connectivity index (χ1) is 17.2. The lowest BCUT2D eigenvalue weighted by Gasteiger charge is -2.26. The summed E-state index contributed by atoms with van der Waals surface area (Å²) in [6, 6.07) is 22.4. The van der Waals surface area contributed by atoms with Crippen molar-refractivity contribution >= 4 is 11.9 Å². The molecule has 0 fully saturated rings. The van der Waals surface area contributed by atoms with Crippen molar-refractivity contribution in [1.29, 1.82) is 0 Å². The third-order valence-electron chi connectivity index (χ3n) is 6.49. The van der Waals surface area contributed by atoms with Crippen molar-refractivity contribution in [2.24, 2.45) is 5.73 Å². The van der Waals surface area contributed by atoms with E-state index in [0.717, 1.165) is 22.5 Å². The van der Waals surface area contributed by atoms with Crippen LogP contribution in [-0.4, -0.2) is 26.8 Å². The zero-order valence-corrected chi connectivity index (χ0v) is 22.2. The Morgan fingerprint density at radius 2 is 1.24 bits per heavy atom. The molecule has 4 aromatic rings. The van der Waals surface area contributed by atoms with Gasteiger partial charge in [0.1, 0.15) is 0 Å². The molecule has 1 aromatic heterocycles. The van der Waals surface area contributed by atoms with E-state index < -0.39 is 11.9 Å². The lowest BCUT2D eigenvalue weighted by Crippen LogP contribution is -2.16. The van der Waals surface area contributed by atoms with Crippen molar-refractivity contribution in [3.8, 4) is 28.2 Å². The van der Waals surface area contributed by atoms with Crippen LogP contribution in [0.5, 0.6) is 0 Å². The van der Waals surface area contributed by atoms with Gasteiger partial charge in [-0.25, -0.2) is 9.48 Å². The first kappa shape index (κ1) is 25.9. The van der Waals surface area contributed by atoms with Crippen LogP contribution in [0.3, 0.4) is 0 Å². The van der Waals surface area contributed by atoms with Crippen molar-refractivity contribution in [1.82, 2.24) is 9.78 Å². The zero-order chi connectivity index (χ0) is 27.1. The van der Waals surface area contributed by atoms with Gasteiger partial charge in [-0.05, 0) is 76.6 Å². The number of aromatic nitrogens is 2. The molecule has 3 aromatic carbocycles. The number of aromatic carboxylic acids is 1. The number of hydrogen-bond donors (Lipinski definition) is 2. The van der Waals surface area contributed by atoms with E-state index in [9.17, 15) is 14.7 Å². The van der Waals surface area contributed by atoms with E-state index in [1.807, 2.05) is 22.9 Å². The number of rotatable bonds is 5. The number of nitrogens with zero attached hydrogens (tertiary/aromatic N) is 2. The summed E-state index contributed by atoms with van der Waals surface area (Å²) in [6.07, 6.45) is 0. The minimum atomic E-state index is -0.971. The summed E-state index contributed by atoms with van der Waals surface area (Å²) in [5.41, 5.74) is 12.6. The predicted molar refractivity (Wildman–Crippen MR) is 147 cm³/mol. The van der Waals surface area contributed by atoms with Gasteiger partial charge in [0.25, 0.3) is 0 Å². The first-order valence-corrected chi connectivity index (χ1v) is 12.2. The molecule has 0 aliphatic carbocycles. The molecule has 1 heterocycles. The van der Waals surface area contributed by atoms with E-state index in [4.69, 9.17) is 10.8 Å². The number of nitrogens with two attached hydrogens (primary N) is 1. The molecule has 0 saturated heterocycles. The van der Waals surface area contributed by atoms with Crippen molar-refractivity contribution in [3.05, 3.63) is 95.1 Å². The van der Waals surface area contributed by atoms with Crippen LogP contribution in [-0.2, 0) is 10.8 Å². The third-order valence-corrected chi connectivity index (χ3v) is 6.49. The number of hydrogen-bond acceptors (Lipinski definition) is 3. The summed E-state index contributed by atoms with van der Waals surface area (Å²) in [7, 11) is 0. The molecule has 0 saturated carbocycles. The van der Waals surface area contributed by atoms with Crippen molar-refractivity contribution < 1.29 is 14.7 Å². The predicted octanol–water partition coefficient (Wildman–Crippen LogP) is 6.60. The van der Waals surface area contributed by atoms with Crippen molar-refractivity contribution in [2.45, 2.75) is 52.4 Å². The lowest BCUT2D eigenvalue weighted by molar-refractivity contribution is 0.0696. The summed E-state index contributed by atoms with van der Waals surface area (Å²) in [5.74, 6) is -1.46. The van der Waals surface area contributed by atoms with E-state index in [1.165, 1.54) is 11.1 Å². The van der Waals surface area contributed by atoms with Gasteiger partial charge >= 0.3 is 5.97 Å².